The third-order valence-corrected chi connectivity index (χ3v) is 2.05. The molecule has 0 spiro atoms. The van der Waals surface area contributed by atoms with E-state index in [1.165, 1.54) is 0 Å². The predicted octanol–water partition coefficient (Wildman–Crippen LogP) is 2.76. The van der Waals surface area contributed by atoms with Crippen LogP contribution in [-0.2, 0) is 4.74 Å². The first-order valence-electron chi connectivity index (χ1n) is 3.94. The number of ether oxygens (including phenoxy) is 1. The molecule has 0 fully saturated rings. The molecule has 0 saturated heterocycles. The molecule has 0 aromatic carbocycles. The number of rotatable bonds is 2. The fourth-order valence-electron chi connectivity index (χ4n) is 0.883. The van der Waals surface area contributed by atoms with Crippen LogP contribution in [0.2, 0.25) is 5.02 Å². The molecule has 70 valence electrons. The summed E-state index contributed by atoms with van der Waals surface area (Å²) in [5.74, 6) is 0. The lowest BCUT2D eigenvalue weighted by Gasteiger charge is -2.05. The monoisotopic (exact) mass is 215 g/mol. The quantitative estimate of drug-likeness (QED) is 0.709. The molecule has 1 aromatic rings. The van der Waals surface area contributed by atoms with Crippen molar-refractivity contribution in [2.75, 3.05) is 6.61 Å². The Morgan fingerprint density at radius 3 is 2.92 bits per heavy atom. The van der Waals surface area contributed by atoms with Crippen molar-refractivity contribution in [1.82, 2.24) is 4.98 Å². The highest BCUT2D eigenvalue weighted by molar-refractivity contribution is 7.80. The van der Waals surface area contributed by atoms with E-state index < -0.39 is 0 Å². The van der Waals surface area contributed by atoms with Gasteiger partial charge in [0.05, 0.1) is 11.6 Å². The number of thiocarbonyl (C=S) groups is 1. The summed E-state index contributed by atoms with van der Waals surface area (Å²) in [5, 5.41) is 0.894. The molecular weight excluding hydrogens is 206 g/mol. The molecule has 4 heteroatoms. The number of nitrogens with zero attached hydrogens (tertiary/aromatic N) is 1. The van der Waals surface area contributed by atoms with Gasteiger partial charge in [-0.1, -0.05) is 11.6 Å². The second kappa shape index (κ2) is 4.53. The molecular formula is C9H10ClNOS. The number of pyridine rings is 1. The Morgan fingerprint density at radius 1 is 1.69 bits per heavy atom. The van der Waals surface area contributed by atoms with E-state index in [4.69, 9.17) is 28.6 Å². The van der Waals surface area contributed by atoms with Crippen LogP contribution in [0.1, 0.15) is 18.2 Å². The summed E-state index contributed by atoms with van der Waals surface area (Å²) in [6.07, 6.45) is 1.71. The van der Waals surface area contributed by atoms with Crippen molar-refractivity contribution in [1.29, 1.82) is 0 Å². The zero-order valence-electron chi connectivity index (χ0n) is 7.50. The van der Waals surface area contributed by atoms with Crippen molar-refractivity contribution >= 4 is 28.9 Å². The summed E-state index contributed by atoms with van der Waals surface area (Å²) in [5.41, 5.74) is 1.55. The Bertz CT molecular complexity index is 327. The Morgan fingerprint density at radius 2 is 2.38 bits per heavy atom. The molecule has 0 aliphatic rings. The minimum absolute atomic E-state index is 0.354. The summed E-state index contributed by atoms with van der Waals surface area (Å²) in [6, 6.07) is 1.81. The van der Waals surface area contributed by atoms with Gasteiger partial charge in [0.2, 0.25) is 5.05 Å². The van der Waals surface area contributed by atoms with Gasteiger partial charge in [-0.3, -0.25) is 4.98 Å². The van der Waals surface area contributed by atoms with E-state index in [1.807, 2.05) is 19.9 Å². The van der Waals surface area contributed by atoms with E-state index in [0.717, 1.165) is 5.56 Å². The molecule has 0 bridgehead atoms. The Hall–Kier alpha value is -0.670. The number of halogens is 1. The Balaban J connectivity index is 2.95. The maximum absolute atomic E-state index is 5.93. The first-order valence-corrected chi connectivity index (χ1v) is 4.73. The van der Waals surface area contributed by atoms with Gasteiger partial charge in [-0.05, 0) is 37.7 Å². The van der Waals surface area contributed by atoms with Crippen molar-refractivity contribution in [2.45, 2.75) is 13.8 Å². The number of aryl methyl sites for hydroxylation is 1. The van der Waals surface area contributed by atoms with Gasteiger partial charge in [0.15, 0.2) is 0 Å². The summed E-state index contributed by atoms with van der Waals surface area (Å²) in [4.78, 5) is 4.10. The lowest BCUT2D eigenvalue weighted by molar-refractivity contribution is 0.336. The predicted molar refractivity (Wildman–Crippen MR) is 57.3 cm³/mol. The summed E-state index contributed by atoms with van der Waals surface area (Å²) >= 11 is 10.9. The minimum atomic E-state index is 0.354. The molecule has 0 unspecified atom stereocenters. The lowest BCUT2D eigenvalue weighted by Crippen LogP contribution is -2.06. The van der Waals surface area contributed by atoms with E-state index in [0.29, 0.717) is 22.4 Å². The molecule has 1 heterocycles. The van der Waals surface area contributed by atoms with E-state index in [-0.39, 0.29) is 0 Å². The van der Waals surface area contributed by atoms with Crippen LogP contribution < -0.4 is 0 Å². The second-order valence-corrected chi connectivity index (χ2v) is 3.34. The smallest absolute Gasteiger partial charge is 0.211 e. The molecule has 0 aliphatic heterocycles. The van der Waals surface area contributed by atoms with E-state index >= 15 is 0 Å². The van der Waals surface area contributed by atoms with Crippen LogP contribution in [-0.4, -0.2) is 16.6 Å². The highest BCUT2D eigenvalue weighted by Gasteiger charge is 2.08. The average Bonchev–Trinajstić information content (AvgIpc) is 2.04. The normalized spacial score (nSPS) is 9.77. The minimum Gasteiger partial charge on any atom is -0.482 e. The zero-order chi connectivity index (χ0) is 9.84. The molecule has 0 radical (unpaired) electrons. The molecule has 0 atom stereocenters. The molecule has 2 nitrogen and oxygen atoms in total. The Kier molecular flexibility index (Phi) is 3.63. The average molecular weight is 216 g/mol. The molecule has 0 aliphatic carbocycles. The maximum Gasteiger partial charge on any atom is 0.211 e. The third kappa shape index (κ3) is 2.64. The van der Waals surface area contributed by atoms with Crippen LogP contribution in [0.4, 0.5) is 0 Å². The topological polar surface area (TPSA) is 22.1 Å². The van der Waals surface area contributed by atoms with Gasteiger partial charge in [0.1, 0.15) is 5.69 Å². The maximum atomic E-state index is 5.93. The lowest BCUT2D eigenvalue weighted by atomic mass is 10.3. The van der Waals surface area contributed by atoms with Crippen LogP contribution >= 0.6 is 23.8 Å². The number of hydrogen-bond acceptors (Lipinski definition) is 3. The largest absolute Gasteiger partial charge is 0.482 e. The van der Waals surface area contributed by atoms with Gasteiger partial charge in [0.25, 0.3) is 0 Å². The van der Waals surface area contributed by atoms with Gasteiger partial charge in [-0.15, -0.1) is 0 Å². The van der Waals surface area contributed by atoms with Crippen molar-refractivity contribution in [3.8, 4) is 0 Å². The van der Waals surface area contributed by atoms with Crippen LogP contribution in [0.3, 0.4) is 0 Å². The van der Waals surface area contributed by atoms with Gasteiger partial charge >= 0.3 is 0 Å². The molecule has 0 N–H and O–H groups in total. The van der Waals surface area contributed by atoms with Crippen LogP contribution in [0.15, 0.2) is 12.3 Å². The third-order valence-electron chi connectivity index (χ3n) is 1.45. The molecule has 1 rings (SSSR count). The first-order chi connectivity index (χ1) is 6.15. The molecule has 1 aromatic heterocycles. The van der Waals surface area contributed by atoms with Crippen LogP contribution in [0.5, 0.6) is 0 Å². The molecule has 0 saturated carbocycles. The fourth-order valence-corrected chi connectivity index (χ4v) is 1.53. The molecule has 0 amide bonds. The molecule has 13 heavy (non-hydrogen) atoms. The highest BCUT2D eigenvalue weighted by Crippen LogP contribution is 2.16. The standard InChI is InChI=1S/C9H10ClNOS/c1-3-12-9(13)8-7(10)4-6(2)5-11-8/h4-5H,3H2,1-2H3. The number of hydrogen-bond donors (Lipinski definition) is 0. The summed E-state index contributed by atoms with van der Waals surface area (Å²) < 4.78 is 5.13. The van der Waals surface area contributed by atoms with Crippen molar-refractivity contribution in [2.24, 2.45) is 0 Å². The van der Waals surface area contributed by atoms with Gasteiger partial charge in [-0.2, -0.15) is 0 Å². The van der Waals surface area contributed by atoms with E-state index in [2.05, 4.69) is 4.98 Å². The summed E-state index contributed by atoms with van der Waals surface area (Å²) in [6.45, 7) is 4.32. The second-order valence-electron chi connectivity index (χ2n) is 2.56. The van der Waals surface area contributed by atoms with E-state index in [9.17, 15) is 0 Å². The van der Waals surface area contributed by atoms with Crippen molar-refractivity contribution in [3.05, 3.63) is 28.5 Å². The highest BCUT2D eigenvalue weighted by atomic mass is 35.5. The first kappa shape index (κ1) is 10.4. The van der Waals surface area contributed by atoms with Crippen molar-refractivity contribution < 1.29 is 4.74 Å². The zero-order valence-corrected chi connectivity index (χ0v) is 9.08. The van der Waals surface area contributed by atoms with Crippen molar-refractivity contribution in [3.63, 3.8) is 0 Å². The number of aromatic nitrogens is 1. The SMILES string of the molecule is CCOC(=S)c1ncc(C)cc1Cl. The van der Waals surface area contributed by atoms with Gasteiger partial charge in [0, 0.05) is 6.20 Å². The summed E-state index contributed by atoms with van der Waals surface area (Å²) in [7, 11) is 0. The van der Waals surface area contributed by atoms with Gasteiger partial charge < -0.3 is 4.74 Å². The van der Waals surface area contributed by atoms with Crippen LogP contribution in [0.25, 0.3) is 0 Å². The van der Waals surface area contributed by atoms with Gasteiger partial charge in [-0.25, -0.2) is 0 Å². The van der Waals surface area contributed by atoms with Crippen LogP contribution in [0, 0.1) is 6.92 Å². The fraction of sp³-hybridized carbons (Fsp3) is 0.333. The van der Waals surface area contributed by atoms with E-state index in [1.54, 1.807) is 6.20 Å². The Labute approximate surface area is 87.9 Å².